The summed E-state index contributed by atoms with van der Waals surface area (Å²) in [6, 6.07) is 0. The third-order valence-corrected chi connectivity index (χ3v) is 3.64. The van der Waals surface area contributed by atoms with Crippen LogP contribution >= 0.6 is 12.3 Å². The maximum atomic E-state index is 13.0. The lowest BCUT2D eigenvalue weighted by Crippen LogP contribution is -2.40. The van der Waals surface area contributed by atoms with Crippen molar-refractivity contribution in [1.82, 2.24) is 14.1 Å². The number of halogens is 1. The van der Waals surface area contributed by atoms with Crippen molar-refractivity contribution < 1.29 is 22.9 Å². The van der Waals surface area contributed by atoms with Crippen LogP contribution in [0.5, 0.6) is 0 Å². The predicted octanol–water partition coefficient (Wildman–Crippen LogP) is 2.73. The first kappa shape index (κ1) is 17.6. The van der Waals surface area contributed by atoms with Gasteiger partial charge in [0.25, 0.3) is 0 Å². The fourth-order valence-corrected chi connectivity index (χ4v) is 2.69. The van der Waals surface area contributed by atoms with E-state index in [0.29, 0.717) is 24.2 Å². The molecule has 0 spiro atoms. The van der Waals surface area contributed by atoms with Gasteiger partial charge >= 0.3 is 12.1 Å². The molecule has 0 bridgehead atoms. The molecule has 0 aromatic carbocycles. The molecule has 1 aliphatic rings. The van der Waals surface area contributed by atoms with Crippen molar-refractivity contribution in [3.8, 4) is 0 Å². The minimum absolute atomic E-state index is 0.0419. The van der Waals surface area contributed by atoms with E-state index in [2.05, 4.69) is 5.10 Å². The minimum Gasteiger partial charge on any atom is -0.461 e. The standard InChI is InChI=1S/C14H20FN3O4S/c1-5-21-12(19)11-9-8-17(13(20)22-14(2,3)4)7-6-10(9)18(16-11)23-15/h5-8H2,1-4H3. The van der Waals surface area contributed by atoms with E-state index in [4.69, 9.17) is 9.47 Å². The van der Waals surface area contributed by atoms with Gasteiger partial charge in [-0.1, -0.05) is 0 Å². The van der Waals surface area contributed by atoms with E-state index < -0.39 is 17.7 Å². The van der Waals surface area contributed by atoms with Gasteiger partial charge in [-0.3, -0.25) is 0 Å². The van der Waals surface area contributed by atoms with Gasteiger partial charge in [-0.05, 0) is 27.7 Å². The highest BCUT2D eigenvalue weighted by Gasteiger charge is 2.33. The van der Waals surface area contributed by atoms with Gasteiger partial charge in [0.2, 0.25) is 0 Å². The van der Waals surface area contributed by atoms with Crippen LogP contribution in [0.3, 0.4) is 0 Å². The molecular formula is C14H20FN3O4S. The average molecular weight is 345 g/mol. The Kier molecular flexibility index (Phi) is 5.18. The quantitative estimate of drug-likeness (QED) is 0.784. The molecule has 1 aromatic rings. The topological polar surface area (TPSA) is 73.7 Å². The Hall–Kier alpha value is -1.77. The average Bonchev–Trinajstić information content (AvgIpc) is 2.83. The lowest BCUT2D eigenvalue weighted by Gasteiger charge is -2.30. The van der Waals surface area contributed by atoms with E-state index in [1.165, 1.54) is 4.90 Å². The molecule has 0 aliphatic carbocycles. The molecule has 0 atom stereocenters. The molecule has 128 valence electrons. The number of aromatic nitrogens is 2. The van der Waals surface area contributed by atoms with Crippen molar-refractivity contribution in [3.63, 3.8) is 0 Å². The Morgan fingerprint density at radius 3 is 2.65 bits per heavy atom. The molecule has 0 saturated carbocycles. The van der Waals surface area contributed by atoms with Crippen LogP contribution in [0.2, 0.25) is 0 Å². The number of esters is 1. The lowest BCUT2D eigenvalue weighted by atomic mass is 10.1. The summed E-state index contributed by atoms with van der Waals surface area (Å²) < 4.78 is 24.4. The number of hydrogen-bond donors (Lipinski definition) is 0. The zero-order chi connectivity index (χ0) is 17.2. The van der Waals surface area contributed by atoms with E-state index in [0.717, 1.165) is 4.09 Å². The molecule has 2 heterocycles. The molecule has 9 heteroatoms. The smallest absolute Gasteiger partial charge is 0.410 e. The van der Waals surface area contributed by atoms with Crippen LogP contribution < -0.4 is 0 Å². The second-order valence-electron chi connectivity index (χ2n) is 6.09. The first-order chi connectivity index (χ1) is 10.8. The molecule has 7 nitrogen and oxygen atoms in total. The number of nitrogens with zero attached hydrogens (tertiary/aromatic N) is 3. The molecule has 0 N–H and O–H groups in total. The SMILES string of the molecule is CCOC(=O)c1nn(SF)c2c1CN(C(=O)OC(C)(C)C)CC2. The Balaban J connectivity index is 2.26. The fourth-order valence-electron chi connectivity index (χ4n) is 2.29. The molecule has 1 amide bonds. The van der Waals surface area contributed by atoms with Crippen molar-refractivity contribution in [3.05, 3.63) is 17.0 Å². The normalized spacial score (nSPS) is 14.4. The highest BCUT2D eigenvalue weighted by molar-refractivity contribution is 7.92. The van der Waals surface area contributed by atoms with Gasteiger partial charge in [0.1, 0.15) is 5.60 Å². The first-order valence-electron chi connectivity index (χ1n) is 7.31. The van der Waals surface area contributed by atoms with Gasteiger partial charge in [-0.15, -0.1) is 3.89 Å². The highest BCUT2D eigenvalue weighted by atomic mass is 32.2. The van der Waals surface area contributed by atoms with E-state index in [1.807, 2.05) is 0 Å². The third-order valence-electron chi connectivity index (χ3n) is 3.21. The summed E-state index contributed by atoms with van der Waals surface area (Å²) >= 11 is -0.0775. The van der Waals surface area contributed by atoms with Crippen LogP contribution in [0, 0.1) is 0 Å². The van der Waals surface area contributed by atoms with E-state index in [1.54, 1.807) is 27.7 Å². The summed E-state index contributed by atoms with van der Waals surface area (Å²) in [7, 11) is 0. The molecule has 2 rings (SSSR count). The zero-order valence-corrected chi connectivity index (χ0v) is 14.4. The second kappa shape index (κ2) is 6.77. The molecule has 0 saturated heterocycles. The molecule has 0 unspecified atom stereocenters. The van der Waals surface area contributed by atoms with Gasteiger partial charge in [0.05, 0.1) is 18.8 Å². The Morgan fingerprint density at radius 1 is 1.39 bits per heavy atom. The molecule has 1 aliphatic heterocycles. The largest absolute Gasteiger partial charge is 0.461 e. The van der Waals surface area contributed by atoms with Gasteiger partial charge < -0.3 is 14.4 Å². The van der Waals surface area contributed by atoms with E-state index in [-0.39, 0.29) is 31.2 Å². The Bertz CT molecular complexity index is 612. The lowest BCUT2D eigenvalue weighted by molar-refractivity contribution is 0.0219. The summed E-state index contributed by atoms with van der Waals surface area (Å²) in [4.78, 5) is 25.7. The first-order valence-corrected chi connectivity index (χ1v) is 7.99. The number of fused-ring (bicyclic) bond motifs is 1. The van der Waals surface area contributed by atoms with Gasteiger partial charge in [-0.25, -0.2) is 9.59 Å². The summed E-state index contributed by atoms with van der Waals surface area (Å²) in [5.41, 5.74) is 0.520. The predicted molar refractivity (Wildman–Crippen MR) is 82.6 cm³/mol. The van der Waals surface area contributed by atoms with Gasteiger partial charge in [0.15, 0.2) is 18.0 Å². The Morgan fingerprint density at radius 2 is 2.09 bits per heavy atom. The van der Waals surface area contributed by atoms with Crippen LogP contribution in [0.1, 0.15) is 49.4 Å². The number of amides is 1. The third kappa shape index (κ3) is 3.95. The maximum Gasteiger partial charge on any atom is 0.410 e. The number of rotatable bonds is 3. The van der Waals surface area contributed by atoms with E-state index in [9.17, 15) is 13.5 Å². The van der Waals surface area contributed by atoms with Crippen molar-refractivity contribution in [2.24, 2.45) is 0 Å². The minimum atomic E-state index is -0.623. The van der Waals surface area contributed by atoms with Crippen LogP contribution in [-0.2, 0) is 22.4 Å². The number of ether oxygens (including phenoxy) is 2. The van der Waals surface area contributed by atoms with Gasteiger partial charge in [-0.2, -0.15) is 9.19 Å². The summed E-state index contributed by atoms with van der Waals surface area (Å²) in [6.45, 7) is 7.72. The van der Waals surface area contributed by atoms with Crippen molar-refractivity contribution >= 4 is 24.4 Å². The summed E-state index contributed by atoms with van der Waals surface area (Å²) in [5.74, 6) is -0.623. The van der Waals surface area contributed by atoms with E-state index >= 15 is 0 Å². The van der Waals surface area contributed by atoms with Crippen LogP contribution in [0.25, 0.3) is 0 Å². The number of hydrogen-bond acceptors (Lipinski definition) is 6. The molecular weight excluding hydrogens is 325 g/mol. The van der Waals surface area contributed by atoms with Crippen LogP contribution in [-0.4, -0.2) is 44.9 Å². The monoisotopic (exact) mass is 345 g/mol. The fraction of sp³-hybridized carbons (Fsp3) is 0.643. The summed E-state index contributed by atoms with van der Waals surface area (Å²) in [6.07, 6.45) is -0.0867. The zero-order valence-electron chi connectivity index (χ0n) is 13.6. The summed E-state index contributed by atoms with van der Waals surface area (Å²) in [5, 5.41) is 3.95. The van der Waals surface area contributed by atoms with Gasteiger partial charge in [0, 0.05) is 18.5 Å². The number of carbonyl (C=O) groups is 2. The second-order valence-corrected chi connectivity index (χ2v) is 6.57. The van der Waals surface area contributed by atoms with Crippen molar-refractivity contribution in [2.45, 2.75) is 46.3 Å². The van der Waals surface area contributed by atoms with Crippen LogP contribution in [0.4, 0.5) is 8.68 Å². The van der Waals surface area contributed by atoms with Crippen molar-refractivity contribution in [2.75, 3.05) is 13.2 Å². The molecule has 23 heavy (non-hydrogen) atoms. The Labute approximate surface area is 138 Å². The molecule has 0 fully saturated rings. The number of carbonyl (C=O) groups excluding carboxylic acids is 2. The maximum absolute atomic E-state index is 13.0. The molecule has 1 aromatic heterocycles. The van der Waals surface area contributed by atoms with Crippen LogP contribution in [0.15, 0.2) is 0 Å². The van der Waals surface area contributed by atoms with Crippen molar-refractivity contribution in [1.29, 1.82) is 0 Å². The highest BCUT2D eigenvalue weighted by Crippen LogP contribution is 2.27. The molecule has 0 radical (unpaired) electrons.